The number of hydrogen-bond donors (Lipinski definition) is 2. The monoisotopic (exact) mass is 194 g/mol. The van der Waals surface area contributed by atoms with Crippen LogP contribution in [0.15, 0.2) is 29.2 Å². The molecule has 70 valence electrons. The Morgan fingerprint density at radius 2 is 2.54 bits per heavy atom. The Morgan fingerprint density at radius 1 is 1.62 bits per heavy atom. The van der Waals surface area contributed by atoms with Gasteiger partial charge >= 0.3 is 0 Å². The van der Waals surface area contributed by atoms with E-state index in [2.05, 4.69) is 28.9 Å². The molecular weight excluding hydrogens is 180 g/mol. The zero-order valence-electron chi connectivity index (χ0n) is 7.49. The second-order valence-electron chi connectivity index (χ2n) is 3.38. The highest BCUT2D eigenvalue weighted by molar-refractivity contribution is 7.09. The molecule has 0 radical (unpaired) electrons. The summed E-state index contributed by atoms with van der Waals surface area (Å²) in [5.74, 6) is 0. The predicted octanol–water partition coefficient (Wildman–Crippen LogP) is 1.15. The minimum Gasteiger partial charge on any atom is -0.323 e. The van der Waals surface area contributed by atoms with Gasteiger partial charge in [0.25, 0.3) is 0 Å². The Bertz CT molecular complexity index is 290. The van der Waals surface area contributed by atoms with Gasteiger partial charge in [-0.15, -0.1) is 11.3 Å². The summed E-state index contributed by atoms with van der Waals surface area (Å²) in [5, 5.41) is 5.43. The number of nitrogens with two attached hydrogens (primary N) is 1. The molecule has 1 aromatic rings. The topological polar surface area (TPSA) is 38.0 Å². The van der Waals surface area contributed by atoms with E-state index in [0.717, 1.165) is 19.5 Å². The van der Waals surface area contributed by atoms with Crippen LogP contribution < -0.4 is 11.1 Å². The molecule has 2 rings (SSSR count). The SMILES string of the molecule is NC1C=C(Cc2cccs2)CNC1. The zero-order chi connectivity index (χ0) is 9.10. The van der Waals surface area contributed by atoms with Crippen molar-refractivity contribution in [2.24, 2.45) is 5.73 Å². The van der Waals surface area contributed by atoms with Crippen molar-refractivity contribution in [3.05, 3.63) is 34.0 Å². The van der Waals surface area contributed by atoms with Gasteiger partial charge < -0.3 is 11.1 Å². The third kappa shape index (κ3) is 2.40. The van der Waals surface area contributed by atoms with Gasteiger partial charge in [-0.3, -0.25) is 0 Å². The summed E-state index contributed by atoms with van der Waals surface area (Å²) in [6.45, 7) is 1.90. The first-order valence-corrected chi connectivity index (χ1v) is 5.41. The highest BCUT2D eigenvalue weighted by atomic mass is 32.1. The standard InChI is InChI=1S/C10H14N2S/c11-9-4-8(6-12-7-9)5-10-2-1-3-13-10/h1-4,9,12H,5-7,11H2. The Labute approximate surface area is 82.5 Å². The molecule has 0 spiro atoms. The van der Waals surface area contributed by atoms with Crippen molar-refractivity contribution >= 4 is 11.3 Å². The highest BCUT2D eigenvalue weighted by Gasteiger charge is 2.09. The van der Waals surface area contributed by atoms with Crippen LogP contribution in [0.5, 0.6) is 0 Å². The first-order chi connectivity index (χ1) is 6.34. The van der Waals surface area contributed by atoms with E-state index in [0.29, 0.717) is 0 Å². The summed E-state index contributed by atoms with van der Waals surface area (Å²) in [6.07, 6.45) is 3.24. The summed E-state index contributed by atoms with van der Waals surface area (Å²) < 4.78 is 0. The van der Waals surface area contributed by atoms with E-state index in [1.54, 1.807) is 0 Å². The van der Waals surface area contributed by atoms with Gasteiger partial charge in [0.2, 0.25) is 0 Å². The summed E-state index contributed by atoms with van der Waals surface area (Å²) >= 11 is 1.81. The molecule has 13 heavy (non-hydrogen) atoms. The van der Waals surface area contributed by atoms with Crippen LogP contribution in [0.3, 0.4) is 0 Å². The van der Waals surface area contributed by atoms with Crippen molar-refractivity contribution in [2.45, 2.75) is 12.5 Å². The van der Waals surface area contributed by atoms with Gasteiger partial charge in [-0.05, 0) is 11.4 Å². The van der Waals surface area contributed by atoms with Crippen LogP contribution in [0.25, 0.3) is 0 Å². The van der Waals surface area contributed by atoms with Crippen molar-refractivity contribution in [2.75, 3.05) is 13.1 Å². The van der Waals surface area contributed by atoms with E-state index in [9.17, 15) is 0 Å². The van der Waals surface area contributed by atoms with E-state index in [-0.39, 0.29) is 6.04 Å². The maximum Gasteiger partial charge on any atom is 0.0354 e. The van der Waals surface area contributed by atoms with Crippen molar-refractivity contribution in [3.8, 4) is 0 Å². The number of nitrogens with one attached hydrogen (secondary N) is 1. The van der Waals surface area contributed by atoms with Crippen LogP contribution in [0, 0.1) is 0 Å². The molecule has 1 aliphatic rings. The van der Waals surface area contributed by atoms with Gasteiger partial charge in [0.05, 0.1) is 0 Å². The molecule has 0 saturated heterocycles. The molecule has 1 aromatic heterocycles. The molecule has 0 fully saturated rings. The van der Waals surface area contributed by atoms with E-state index in [4.69, 9.17) is 5.73 Å². The Balaban J connectivity index is 2.02. The van der Waals surface area contributed by atoms with E-state index in [1.165, 1.54) is 10.5 Å². The molecule has 0 aliphatic carbocycles. The van der Waals surface area contributed by atoms with E-state index in [1.807, 2.05) is 11.3 Å². The number of thiophene rings is 1. The molecule has 1 atom stereocenters. The molecule has 0 saturated carbocycles. The van der Waals surface area contributed by atoms with E-state index >= 15 is 0 Å². The lowest BCUT2D eigenvalue weighted by atomic mass is 10.1. The summed E-state index contributed by atoms with van der Waals surface area (Å²) in [5.41, 5.74) is 7.24. The first-order valence-electron chi connectivity index (χ1n) is 4.53. The second-order valence-corrected chi connectivity index (χ2v) is 4.41. The average Bonchev–Trinajstić information content (AvgIpc) is 2.57. The smallest absolute Gasteiger partial charge is 0.0354 e. The van der Waals surface area contributed by atoms with E-state index < -0.39 is 0 Å². The van der Waals surface area contributed by atoms with Crippen LogP contribution in [-0.2, 0) is 6.42 Å². The molecule has 3 heteroatoms. The third-order valence-electron chi connectivity index (χ3n) is 2.16. The van der Waals surface area contributed by atoms with Gasteiger partial charge in [0, 0.05) is 30.4 Å². The van der Waals surface area contributed by atoms with Crippen LogP contribution in [-0.4, -0.2) is 19.1 Å². The molecule has 0 amide bonds. The fraction of sp³-hybridized carbons (Fsp3) is 0.400. The Kier molecular flexibility index (Phi) is 2.78. The summed E-state index contributed by atoms with van der Waals surface area (Å²) in [7, 11) is 0. The fourth-order valence-corrected chi connectivity index (χ4v) is 2.34. The Hall–Kier alpha value is -0.640. The second kappa shape index (κ2) is 4.05. The molecular formula is C10H14N2S. The first kappa shape index (κ1) is 8.94. The fourth-order valence-electron chi connectivity index (χ4n) is 1.58. The average molecular weight is 194 g/mol. The van der Waals surface area contributed by atoms with Gasteiger partial charge in [0.1, 0.15) is 0 Å². The minimum atomic E-state index is 0.198. The molecule has 2 heterocycles. The lowest BCUT2D eigenvalue weighted by Gasteiger charge is -2.18. The van der Waals surface area contributed by atoms with Crippen molar-refractivity contribution in [1.29, 1.82) is 0 Å². The quantitative estimate of drug-likeness (QED) is 0.693. The molecule has 1 unspecified atom stereocenters. The maximum atomic E-state index is 5.82. The van der Waals surface area contributed by atoms with Crippen LogP contribution in [0.4, 0.5) is 0 Å². The summed E-state index contributed by atoms with van der Waals surface area (Å²) in [4.78, 5) is 1.42. The van der Waals surface area contributed by atoms with Gasteiger partial charge in [-0.2, -0.15) is 0 Å². The normalized spacial score (nSPS) is 22.8. The zero-order valence-corrected chi connectivity index (χ0v) is 8.31. The number of rotatable bonds is 2. The Morgan fingerprint density at radius 3 is 3.23 bits per heavy atom. The van der Waals surface area contributed by atoms with Crippen molar-refractivity contribution in [3.63, 3.8) is 0 Å². The molecule has 1 aliphatic heterocycles. The minimum absolute atomic E-state index is 0.198. The lowest BCUT2D eigenvalue weighted by Crippen LogP contribution is -2.38. The van der Waals surface area contributed by atoms with Crippen LogP contribution in [0.2, 0.25) is 0 Å². The highest BCUT2D eigenvalue weighted by Crippen LogP contribution is 2.15. The van der Waals surface area contributed by atoms with Gasteiger partial charge in [0.15, 0.2) is 0 Å². The van der Waals surface area contributed by atoms with Crippen molar-refractivity contribution < 1.29 is 0 Å². The molecule has 0 aromatic carbocycles. The lowest BCUT2D eigenvalue weighted by molar-refractivity contribution is 0.628. The van der Waals surface area contributed by atoms with Crippen molar-refractivity contribution in [1.82, 2.24) is 5.32 Å². The maximum absolute atomic E-state index is 5.82. The van der Waals surface area contributed by atoms with Gasteiger partial charge in [-0.1, -0.05) is 17.7 Å². The summed E-state index contributed by atoms with van der Waals surface area (Å²) in [6, 6.07) is 4.46. The number of hydrogen-bond acceptors (Lipinski definition) is 3. The molecule has 0 bridgehead atoms. The predicted molar refractivity (Wildman–Crippen MR) is 57.0 cm³/mol. The van der Waals surface area contributed by atoms with Crippen LogP contribution >= 0.6 is 11.3 Å². The largest absolute Gasteiger partial charge is 0.323 e. The molecule has 2 nitrogen and oxygen atoms in total. The third-order valence-corrected chi connectivity index (χ3v) is 3.04. The van der Waals surface area contributed by atoms with Gasteiger partial charge in [-0.25, -0.2) is 0 Å². The van der Waals surface area contributed by atoms with Crippen LogP contribution in [0.1, 0.15) is 4.88 Å². The molecule has 3 N–H and O–H groups in total.